The monoisotopic (exact) mass is 153 g/mol. The summed E-state index contributed by atoms with van der Waals surface area (Å²) in [5.41, 5.74) is 0. The molecule has 0 aromatic heterocycles. The molecule has 0 N–H and O–H groups in total. The molecule has 2 heteroatoms. The van der Waals surface area contributed by atoms with Crippen molar-refractivity contribution in [1.29, 1.82) is 0 Å². The first-order chi connectivity index (χ1) is 5.27. The molecule has 0 aromatic carbocycles. The zero-order chi connectivity index (χ0) is 7.84. The second-order valence-electron chi connectivity index (χ2n) is 3.81. The van der Waals surface area contributed by atoms with E-state index in [2.05, 4.69) is 11.8 Å². The summed E-state index contributed by atoms with van der Waals surface area (Å²) in [6.07, 6.45) is 4.30. The van der Waals surface area contributed by atoms with E-state index in [1.165, 1.54) is 12.8 Å². The van der Waals surface area contributed by atoms with Crippen LogP contribution in [0.1, 0.15) is 32.6 Å². The molecule has 0 radical (unpaired) electrons. The molecule has 0 spiro atoms. The maximum absolute atomic E-state index is 11.0. The summed E-state index contributed by atoms with van der Waals surface area (Å²) in [5.74, 6) is 0.453. The SMILES string of the molecule is CC1CC(=O)CCN1C1CC1. The van der Waals surface area contributed by atoms with Crippen LogP contribution in [0.2, 0.25) is 0 Å². The number of hydrogen-bond donors (Lipinski definition) is 0. The third-order valence-corrected chi connectivity index (χ3v) is 2.75. The van der Waals surface area contributed by atoms with Gasteiger partial charge in [-0.2, -0.15) is 0 Å². The number of nitrogens with zero attached hydrogens (tertiary/aromatic N) is 1. The van der Waals surface area contributed by atoms with E-state index >= 15 is 0 Å². The van der Waals surface area contributed by atoms with Gasteiger partial charge in [-0.25, -0.2) is 0 Å². The van der Waals surface area contributed by atoms with Crippen LogP contribution < -0.4 is 0 Å². The molecule has 1 saturated heterocycles. The number of carbonyl (C=O) groups is 1. The van der Waals surface area contributed by atoms with Crippen LogP contribution in [0.25, 0.3) is 0 Å². The fourth-order valence-electron chi connectivity index (χ4n) is 1.97. The normalized spacial score (nSPS) is 34.3. The minimum Gasteiger partial charge on any atom is -0.300 e. The summed E-state index contributed by atoms with van der Waals surface area (Å²) in [6, 6.07) is 1.35. The summed E-state index contributed by atoms with van der Waals surface area (Å²) in [6.45, 7) is 3.19. The fraction of sp³-hybridized carbons (Fsp3) is 0.889. The number of ketones is 1. The Morgan fingerprint density at radius 3 is 2.73 bits per heavy atom. The van der Waals surface area contributed by atoms with Gasteiger partial charge in [0.25, 0.3) is 0 Å². The Kier molecular flexibility index (Phi) is 1.72. The molecule has 1 aliphatic carbocycles. The predicted molar refractivity (Wildman–Crippen MR) is 43.4 cm³/mol. The third-order valence-electron chi connectivity index (χ3n) is 2.75. The molecule has 2 aliphatic rings. The molecule has 2 fully saturated rings. The number of piperidine rings is 1. The first kappa shape index (κ1) is 7.29. The van der Waals surface area contributed by atoms with Gasteiger partial charge in [0.05, 0.1) is 0 Å². The number of rotatable bonds is 1. The average molecular weight is 153 g/mol. The highest BCUT2D eigenvalue weighted by molar-refractivity contribution is 5.79. The second-order valence-corrected chi connectivity index (χ2v) is 3.81. The smallest absolute Gasteiger partial charge is 0.135 e. The molecule has 2 nitrogen and oxygen atoms in total. The molecule has 62 valence electrons. The average Bonchev–Trinajstić information content (AvgIpc) is 2.70. The Morgan fingerprint density at radius 2 is 2.18 bits per heavy atom. The predicted octanol–water partition coefficient (Wildman–Crippen LogP) is 1.20. The number of likely N-dealkylation sites (tertiary alicyclic amines) is 1. The number of hydrogen-bond acceptors (Lipinski definition) is 2. The van der Waals surface area contributed by atoms with E-state index in [1.807, 2.05) is 0 Å². The Bertz CT molecular complexity index is 174. The van der Waals surface area contributed by atoms with Crippen molar-refractivity contribution in [3.63, 3.8) is 0 Å². The van der Waals surface area contributed by atoms with Gasteiger partial charge < -0.3 is 0 Å². The van der Waals surface area contributed by atoms with E-state index in [0.29, 0.717) is 11.8 Å². The fourth-order valence-corrected chi connectivity index (χ4v) is 1.97. The first-order valence-electron chi connectivity index (χ1n) is 4.55. The van der Waals surface area contributed by atoms with Crippen LogP contribution in [-0.2, 0) is 4.79 Å². The standard InChI is InChI=1S/C9H15NO/c1-7-6-9(11)4-5-10(7)8-2-3-8/h7-8H,2-6H2,1H3. The van der Waals surface area contributed by atoms with Gasteiger partial charge in [-0.1, -0.05) is 0 Å². The molecular weight excluding hydrogens is 138 g/mol. The molecule has 11 heavy (non-hydrogen) atoms. The maximum atomic E-state index is 11.0. The van der Waals surface area contributed by atoms with Crippen LogP contribution in [0, 0.1) is 0 Å². The minimum atomic E-state index is 0.453. The lowest BCUT2D eigenvalue weighted by Crippen LogP contribution is -2.42. The van der Waals surface area contributed by atoms with Crippen molar-refractivity contribution in [3.8, 4) is 0 Å². The first-order valence-corrected chi connectivity index (χ1v) is 4.55. The van der Waals surface area contributed by atoms with Crippen LogP contribution >= 0.6 is 0 Å². The van der Waals surface area contributed by atoms with Crippen molar-refractivity contribution < 1.29 is 4.79 Å². The molecule has 1 unspecified atom stereocenters. The van der Waals surface area contributed by atoms with E-state index in [0.717, 1.165) is 25.4 Å². The van der Waals surface area contributed by atoms with Crippen molar-refractivity contribution in [2.45, 2.75) is 44.7 Å². The maximum Gasteiger partial charge on any atom is 0.135 e. The highest BCUT2D eigenvalue weighted by Gasteiger charge is 2.35. The Balaban J connectivity index is 1.95. The Morgan fingerprint density at radius 1 is 1.45 bits per heavy atom. The third kappa shape index (κ3) is 1.45. The zero-order valence-electron chi connectivity index (χ0n) is 7.05. The van der Waals surface area contributed by atoms with Gasteiger partial charge in [-0.05, 0) is 19.8 Å². The number of carbonyl (C=O) groups excluding carboxylic acids is 1. The minimum absolute atomic E-state index is 0.453. The quantitative estimate of drug-likeness (QED) is 0.564. The lowest BCUT2D eigenvalue weighted by molar-refractivity contribution is -0.123. The Hall–Kier alpha value is -0.370. The highest BCUT2D eigenvalue weighted by Crippen LogP contribution is 2.31. The molecule has 1 aliphatic heterocycles. The van der Waals surface area contributed by atoms with Crippen molar-refractivity contribution >= 4 is 5.78 Å². The largest absolute Gasteiger partial charge is 0.300 e. The Labute approximate surface area is 67.6 Å². The lowest BCUT2D eigenvalue weighted by atomic mass is 10.0. The van der Waals surface area contributed by atoms with E-state index in [4.69, 9.17) is 0 Å². The molecular formula is C9H15NO. The van der Waals surface area contributed by atoms with Crippen molar-refractivity contribution in [2.24, 2.45) is 0 Å². The molecule has 2 rings (SSSR count). The van der Waals surface area contributed by atoms with E-state index < -0.39 is 0 Å². The van der Waals surface area contributed by atoms with Gasteiger partial charge in [-0.3, -0.25) is 9.69 Å². The number of Topliss-reactive ketones (excluding diaryl/α,β-unsaturated/α-hetero) is 1. The van der Waals surface area contributed by atoms with E-state index in [-0.39, 0.29) is 0 Å². The van der Waals surface area contributed by atoms with Crippen molar-refractivity contribution in [2.75, 3.05) is 6.54 Å². The summed E-state index contributed by atoms with van der Waals surface area (Å²) < 4.78 is 0. The zero-order valence-corrected chi connectivity index (χ0v) is 7.05. The summed E-state index contributed by atoms with van der Waals surface area (Å²) in [5, 5.41) is 0. The molecule has 0 aromatic rings. The van der Waals surface area contributed by atoms with Crippen LogP contribution in [0.3, 0.4) is 0 Å². The van der Waals surface area contributed by atoms with Crippen LogP contribution in [0.15, 0.2) is 0 Å². The van der Waals surface area contributed by atoms with Gasteiger partial charge in [0.2, 0.25) is 0 Å². The lowest BCUT2D eigenvalue weighted by Gasteiger charge is -2.32. The van der Waals surface area contributed by atoms with Gasteiger partial charge in [0, 0.05) is 31.5 Å². The second kappa shape index (κ2) is 2.59. The molecule has 0 amide bonds. The van der Waals surface area contributed by atoms with E-state index in [1.54, 1.807) is 0 Å². The topological polar surface area (TPSA) is 20.3 Å². The van der Waals surface area contributed by atoms with Crippen LogP contribution in [0.5, 0.6) is 0 Å². The van der Waals surface area contributed by atoms with Gasteiger partial charge in [-0.15, -0.1) is 0 Å². The van der Waals surface area contributed by atoms with Crippen LogP contribution in [0.4, 0.5) is 0 Å². The summed E-state index contributed by atoms with van der Waals surface area (Å²) in [7, 11) is 0. The molecule has 1 heterocycles. The van der Waals surface area contributed by atoms with Gasteiger partial charge in [0.1, 0.15) is 5.78 Å². The van der Waals surface area contributed by atoms with Gasteiger partial charge in [0.15, 0.2) is 0 Å². The van der Waals surface area contributed by atoms with Gasteiger partial charge >= 0.3 is 0 Å². The summed E-state index contributed by atoms with van der Waals surface area (Å²) in [4.78, 5) is 13.5. The molecule has 1 atom stereocenters. The van der Waals surface area contributed by atoms with Crippen molar-refractivity contribution in [3.05, 3.63) is 0 Å². The molecule has 1 saturated carbocycles. The van der Waals surface area contributed by atoms with E-state index in [9.17, 15) is 4.79 Å². The highest BCUT2D eigenvalue weighted by atomic mass is 16.1. The summed E-state index contributed by atoms with van der Waals surface area (Å²) >= 11 is 0. The molecule has 0 bridgehead atoms. The van der Waals surface area contributed by atoms with Crippen LogP contribution in [-0.4, -0.2) is 29.3 Å². The van der Waals surface area contributed by atoms with Crippen molar-refractivity contribution in [1.82, 2.24) is 4.90 Å².